The van der Waals surface area contributed by atoms with Gasteiger partial charge in [0.1, 0.15) is 17.2 Å². The first kappa shape index (κ1) is 15.0. The highest BCUT2D eigenvalue weighted by molar-refractivity contribution is 5.93. The molecule has 1 amide bonds. The number of anilines is 1. The molecule has 3 heterocycles. The Morgan fingerprint density at radius 1 is 1.17 bits per heavy atom. The van der Waals surface area contributed by atoms with Crippen LogP contribution >= 0.6 is 0 Å². The summed E-state index contributed by atoms with van der Waals surface area (Å²) in [6.07, 6.45) is 5.37. The highest BCUT2D eigenvalue weighted by Crippen LogP contribution is 2.10. The molecule has 23 heavy (non-hydrogen) atoms. The summed E-state index contributed by atoms with van der Waals surface area (Å²) in [6, 6.07) is 7.80. The van der Waals surface area contributed by atoms with Crippen molar-refractivity contribution in [3.8, 4) is 0 Å². The highest BCUT2D eigenvalue weighted by atomic mass is 16.1. The maximum atomic E-state index is 12.2. The average Bonchev–Trinajstić information content (AvgIpc) is 2.99. The summed E-state index contributed by atoms with van der Waals surface area (Å²) in [4.78, 5) is 20.8. The van der Waals surface area contributed by atoms with Gasteiger partial charge in [0.15, 0.2) is 0 Å². The van der Waals surface area contributed by atoms with Crippen LogP contribution in [-0.4, -0.2) is 33.4 Å². The zero-order valence-electron chi connectivity index (χ0n) is 13.2. The molecule has 118 valence electrons. The van der Waals surface area contributed by atoms with Crippen LogP contribution in [0.2, 0.25) is 0 Å². The number of hydrogen-bond acceptors (Lipinski definition) is 4. The van der Waals surface area contributed by atoms with E-state index in [-0.39, 0.29) is 5.91 Å². The number of fused-ring (bicyclic) bond motifs is 1. The van der Waals surface area contributed by atoms with Gasteiger partial charge in [-0.15, -0.1) is 0 Å². The molecule has 3 aromatic rings. The van der Waals surface area contributed by atoms with Gasteiger partial charge in [0, 0.05) is 31.7 Å². The Bertz CT molecular complexity index is 840. The standard InChI is InChI=1S/C17H19N5O/c1-12-5-3-7-18-15(12)19-8-9-20-17(23)14-11-22-10-4-6-13(2)16(22)21-14/h3-7,10-11H,8-9H2,1-2H3,(H,18,19)(H,20,23). The normalized spacial score (nSPS) is 10.7. The third-order valence-corrected chi connectivity index (χ3v) is 3.62. The minimum Gasteiger partial charge on any atom is -0.368 e. The molecule has 6 nitrogen and oxygen atoms in total. The first-order valence-corrected chi connectivity index (χ1v) is 7.53. The molecule has 0 aromatic carbocycles. The second-order valence-electron chi connectivity index (χ2n) is 5.40. The molecule has 0 spiro atoms. The Morgan fingerprint density at radius 3 is 2.78 bits per heavy atom. The van der Waals surface area contributed by atoms with E-state index in [4.69, 9.17) is 0 Å². The first-order chi connectivity index (χ1) is 11.1. The largest absolute Gasteiger partial charge is 0.368 e. The second kappa shape index (κ2) is 6.48. The van der Waals surface area contributed by atoms with Crippen molar-refractivity contribution in [3.05, 3.63) is 59.7 Å². The van der Waals surface area contributed by atoms with Crippen LogP contribution in [0.15, 0.2) is 42.9 Å². The number of carbonyl (C=O) groups is 1. The summed E-state index contributed by atoms with van der Waals surface area (Å²) in [5.74, 6) is 0.665. The zero-order chi connectivity index (χ0) is 16.2. The van der Waals surface area contributed by atoms with Crippen molar-refractivity contribution >= 4 is 17.4 Å². The predicted octanol–water partition coefficient (Wildman–Crippen LogP) is 2.19. The van der Waals surface area contributed by atoms with Crippen molar-refractivity contribution in [2.24, 2.45) is 0 Å². The highest BCUT2D eigenvalue weighted by Gasteiger charge is 2.11. The van der Waals surface area contributed by atoms with Crippen LogP contribution < -0.4 is 10.6 Å². The van der Waals surface area contributed by atoms with E-state index in [1.165, 1.54) is 0 Å². The lowest BCUT2D eigenvalue weighted by Gasteiger charge is -2.08. The van der Waals surface area contributed by atoms with Gasteiger partial charge in [-0.05, 0) is 37.1 Å². The number of pyridine rings is 2. The summed E-state index contributed by atoms with van der Waals surface area (Å²) in [6.45, 7) is 5.08. The SMILES string of the molecule is Cc1cccnc1NCCNC(=O)c1cn2cccc(C)c2n1. The number of imidazole rings is 1. The molecule has 6 heteroatoms. The van der Waals surface area contributed by atoms with E-state index in [2.05, 4.69) is 20.6 Å². The fraction of sp³-hybridized carbons (Fsp3) is 0.235. The molecule has 0 aliphatic carbocycles. The molecule has 0 fully saturated rings. The maximum Gasteiger partial charge on any atom is 0.271 e. The predicted molar refractivity (Wildman–Crippen MR) is 89.7 cm³/mol. The van der Waals surface area contributed by atoms with Crippen LogP contribution in [0, 0.1) is 13.8 Å². The second-order valence-corrected chi connectivity index (χ2v) is 5.40. The van der Waals surface area contributed by atoms with Gasteiger partial charge in [0.25, 0.3) is 5.91 Å². The molecule has 0 radical (unpaired) electrons. The molecule has 0 saturated heterocycles. The topological polar surface area (TPSA) is 71.3 Å². The van der Waals surface area contributed by atoms with Gasteiger partial charge in [0.2, 0.25) is 0 Å². The quantitative estimate of drug-likeness (QED) is 0.709. The molecule has 0 aliphatic rings. The first-order valence-electron chi connectivity index (χ1n) is 7.53. The summed E-state index contributed by atoms with van der Waals surface area (Å²) >= 11 is 0. The monoisotopic (exact) mass is 309 g/mol. The van der Waals surface area contributed by atoms with E-state index >= 15 is 0 Å². The van der Waals surface area contributed by atoms with Crippen LogP contribution in [0.25, 0.3) is 5.65 Å². The van der Waals surface area contributed by atoms with E-state index in [0.717, 1.165) is 22.6 Å². The summed E-state index contributed by atoms with van der Waals surface area (Å²) < 4.78 is 1.86. The molecular formula is C17H19N5O. The van der Waals surface area contributed by atoms with Gasteiger partial charge >= 0.3 is 0 Å². The van der Waals surface area contributed by atoms with E-state index in [9.17, 15) is 4.79 Å². The van der Waals surface area contributed by atoms with Crippen LogP contribution in [0.1, 0.15) is 21.6 Å². The zero-order valence-corrected chi connectivity index (χ0v) is 13.2. The minimum absolute atomic E-state index is 0.173. The Labute approximate surface area is 134 Å². The van der Waals surface area contributed by atoms with Crippen molar-refractivity contribution in [2.45, 2.75) is 13.8 Å². The van der Waals surface area contributed by atoms with Gasteiger partial charge in [-0.25, -0.2) is 9.97 Å². The average molecular weight is 309 g/mol. The van der Waals surface area contributed by atoms with Gasteiger partial charge < -0.3 is 15.0 Å². The van der Waals surface area contributed by atoms with Crippen molar-refractivity contribution in [1.82, 2.24) is 19.7 Å². The van der Waals surface area contributed by atoms with Crippen LogP contribution in [0.3, 0.4) is 0 Å². The lowest BCUT2D eigenvalue weighted by molar-refractivity contribution is 0.0951. The van der Waals surface area contributed by atoms with E-state index < -0.39 is 0 Å². The molecular weight excluding hydrogens is 290 g/mol. The minimum atomic E-state index is -0.173. The molecule has 0 bridgehead atoms. The van der Waals surface area contributed by atoms with Crippen molar-refractivity contribution in [3.63, 3.8) is 0 Å². The molecule has 0 atom stereocenters. The van der Waals surface area contributed by atoms with E-state index in [0.29, 0.717) is 18.8 Å². The number of amides is 1. The van der Waals surface area contributed by atoms with Crippen molar-refractivity contribution in [1.29, 1.82) is 0 Å². The van der Waals surface area contributed by atoms with Crippen molar-refractivity contribution in [2.75, 3.05) is 18.4 Å². The smallest absolute Gasteiger partial charge is 0.271 e. The Balaban J connectivity index is 1.56. The third kappa shape index (κ3) is 3.31. The maximum absolute atomic E-state index is 12.2. The number of nitrogens with one attached hydrogen (secondary N) is 2. The number of carbonyl (C=O) groups excluding carboxylic acids is 1. The number of aryl methyl sites for hydroxylation is 2. The molecule has 0 aliphatic heterocycles. The molecule has 3 aromatic heterocycles. The summed E-state index contributed by atoms with van der Waals surface area (Å²) in [7, 11) is 0. The Hall–Kier alpha value is -2.89. The lowest BCUT2D eigenvalue weighted by Crippen LogP contribution is -2.29. The third-order valence-electron chi connectivity index (χ3n) is 3.62. The van der Waals surface area contributed by atoms with Crippen molar-refractivity contribution < 1.29 is 4.79 Å². The van der Waals surface area contributed by atoms with Gasteiger partial charge in [-0.3, -0.25) is 4.79 Å². The lowest BCUT2D eigenvalue weighted by atomic mass is 10.3. The number of nitrogens with zero attached hydrogens (tertiary/aromatic N) is 3. The van der Waals surface area contributed by atoms with Gasteiger partial charge in [0.05, 0.1) is 0 Å². The molecule has 0 unspecified atom stereocenters. The summed E-state index contributed by atoms with van der Waals surface area (Å²) in [5.41, 5.74) is 3.35. The van der Waals surface area contributed by atoms with Gasteiger partial charge in [-0.2, -0.15) is 0 Å². The molecule has 0 saturated carbocycles. The van der Waals surface area contributed by atoms with Crippen LogP contribution in [-0.2, 0) is 0 Å². The Morgan fingerprint density at radius 2 is 2.00 bits per heavy atom. The van der Waals surface area contributed by atoms with E-state index in [1.807, 2.05) is 48.7 Å². The number of aromatic nitrogens is 3. The van der Waals surface area contributed by atoms with Crippen LogP contribution in [0.4, 0.5) is 5.82 Å². The van der Waals surface area contributed by atoms with Gasteiger partial charge in [-0.1, -0.05) is 12.1 Å². The molecule has 3 rings (SSSR count). The van der Waals surface area contributed by atoms with E-state index in [1.54, 1.807) is 12.4 Å². The fourth-order valence-corrected chi connectivity index (χ4v) is 2.38. The fourth-order valence-electron chi connectivity index (χ4n) is 2.38. The number of hydrogen-bond donors (Lipinski definition) is 2. The summed E-state index contributed by atoms with van der Waals surface area (Å²) in [5, 5.41) is 6.07. The Kier molecular flexibility index (Phi) is 4.23. The van der Waals surface area contributed by atoms with Crippen LogP contribution in [0.5, 0.6) is 0 Å². The molecule has 2 N–H and O–H groups in total. The number of rotatable bonds is 5.